The van der Waals surface area contributed by atoms with Gasteiger partial charge in [0.1, 0.15) is 17.4 Å². The molecule has 4 atom stereocenters. The summed E-state index contributed by atoms with van der Waals surface area (Å²) in [4.78, 5) is 13.3. The number of halogens is 2. The highest BCUT2D eigenvalue weighted by molar-refractivity contribution is 5.73. The van der Waals surface area contributed by atoms with Crippen LogP contribution in [0.5, 0.6) is 5.75 Å². The first-order chi connectivity index (χ1) is 11.9. The molecule has 0 unspecified atom stereocenters. The molecular weight excluding hydrogens is 330 g/mol. The van der Waals surface area contributed by atoms with Crippen molar-refractivity contribution >= 4 is 5.91 Å². The van der Waals surface area contributed by atoms with Crippen LogP contribution in [0.25, 0.3) is 0 Å². The lowest BCUT2D eigenvalue weighted by Gasteiger charge is -2.35. The summed E-state index contributed by atoms with van der Waals surface area (Å²) in [5.41, 5.74) is 0.0402. The minimum atomic E-state index is -0.608. The van der Waals surface area contributed by atoms with E-state index in [2.05, 4.69) is 5.32 Å². The second-order valence-electron chi connectivity index (χ2n) is 7.13. The van der Waals surface area contributed by atoms with Gasteiger partial charge in [-0.1, -0.05) is 0 Å². The van der Waals surface area contributed by atoms with E-state index >= 15 is 0 Å². The molecule has 7 heteroatoms. The molecule has 138 valence electrons. The number of fused-ring (bicyclic) bond motifs is 1. The Kier molecular flexibility index (Phi) is 5.24. The van der Waals surface area contributed by atoms with Gasteiger partial charge in [0.15, 0.2) is 0 Å². The van der Waals surface area contributed by atoms with Crippen molar-refractivity contribution in [3.05, 3.63) is 29.3 Å². The standard InChI is InChI=1S/C18H24F2N2O3/c1-10(23)21-17-3-11-7-22(8-12(11)4-18(17)24)9-14-15(19)5-13(25-2)6-16(14)20/h5-6,11-12,17-18,24H,3-4,7-9H2,1-2H3,(H,21,23)/t11-,12+,17-,18-/m1/s1. The Labute approximate surface area is 146 Å². The van der Waals surface area contributed by atoms with E-state index in [0.29, 0.717) is 31.8 Å². The zero-order chi connectivity index (χ0) is 18.1. The lowest BCUT2D eigenvalue weighted by molar-refractivity contribution is -0.121. The van der Waals surface area contributed by atoms with Crippen LogP contribution in [0.1, 0.15) is 25.3 Å². The number of aliphatic hydroxyl groups is 1. The zero-order valence-electron chi connectivity index (χ0n) is 14.5. The number of carbonyl (C=O) groups is 1. The summed E-state index contributed by atoms with van der Waals surface area (Å²) < 4.78 is 33.2. The molecule has 3 rings (SSSR count). The van der Waals surface area contributed by atoms with Crippen LogP contribution in [0.15, 0.2) is 12.1 Å². The van der Waals surface area contributed by atoms with Crippen molar-refractivity contribution in [3.63, 3.8) is 0 Å². The van der Waals surface area contributed by atoms with E-state index in [-0.39, 0.29) is 35.7 Å². The molecule has 2 N–H and O–H groups in total. The van der Waals surface area contributed by atoms with Crippen LogP contribution in [0, 0.1) is 23.5 Å². The summed E-state index contributed by atoms with van der Waals surface area (Å²) in [6.45, 7) is 3.03. The van der Waals surface area contributed by atoms with Gasteiger partial charge in [-0.2, -0.15) is 0 Å². The second kappa shape index (κ2) is 7.25. The normalized spacial score (nSPS) is 29.3. The molecule has 1 aromatic rings. The third-order valence-electron chi connectivity index (χ3n) is 5.34. The topological polar surface area (TPSA) is 61.8 Å². The Hall–Kier alpha value is -1.73. The van der Waals surface area contributed by atoms with Gasteiger partial charge < -0.3 is 15.2 Å². The molecule has 1 heterocycles. The molecule has 0 bridgehead atoms. The van der Waals surface area contributed by atoms with E-state index in [0.717, 1.165) is 0 Å². The van der Waals surface area contributed by atoms with Crippen molar-refractivity contribution in [3.8, 4) is 5.75 Å². The lowest BCUT2D eigenvalue weighted by Crippen LogP contribution is -2.48. The van der Waals surface area contributed by atoms with Crippen LogP contribution in [0.4, 0.5) is 8.78 Å². The number of aliphatic hydroxyl groups excluding tert-OH is 1. The molecule has 1 aliphatic carbocycles. The summed E-state index contributed by atoms with van der Waals surface area (Å²) in [5, 5.41) is 13.0. The van der Waals surface area contributed by atoms with Crippen LogP contribution >= 0.6 is 0 Å². The molecule has 1 amide bonds. The average Bonchev–Trinajstić information content (AvgIpc) is 2.91. The number of methoxy groups -OCH3 is 1. The first-order valence-corrected chi connectivity index (χ1v) is 8.56. The number of hydrogen-bond acceptors (Lipinski definition) is 4. The third-order valence-corrected chi connectivity index (χ3v) is 5.34. The van der Waals surface area contributed by atoms with Crippen molar-refractivity contribution in [2.45, 2.75) is 38.5 Å². The summed E-state index contributed by atoms with van der Waals surface area (Å²) in [6, 6.07) is 2.14. The number of carbonyl (C=O) groups excluding carboxylic acids is 1. The maximum Gasteiger partial charge on any atom is 0.217 e. The van der Waals surface area contributed by atoms with Crippen molar-refractivity contribution < 1.29 is 23.4 Å². The Morgan fingerprint density at radius 2 is 1.88 bits per heavy atom. The number of rotatable bonds is 4. The fraction of sp³-hybridized carbons (Fsp3) is 0.611. The quantitative estimate of drug-likeness (QED) is 0.864. The van der Waals surface area contributed by atoms with Crippen LogP contribution in [0.3, 0.4) is 0 Å². The molecule has 0 aromatic heterocycles. The average molecular weight is 354 g/mol. The summed E-state index contributed by atoms with van der Waals surface area (Å²) in [6.07, 6.45) is 0.717. The Morgan fingerprint density at radius 3 is 2.44 bits per heavy atom. The number of benzene rings is 1. The van der Waals surface area contributed by atoms with E-state index in [9.17, 15) is 18.7 Å². The third kappa shape index (κ3) is 3.93. The largest absolute Gasteiger partial charge is 0.497 e. The second-order valence-corrected chi connectivity index (χ2v) is 7.13. The predicted octanol–water partition coefficient (Wildman–Crippen LogP) is 1.68. The van der Waals surface area contributed by atoms with E-state index in [1.807, 2.05) is 4.90 Å². The van der Waals surface area contributed by atoms with Crippen molar-refractivity contribution in [1.82, 2.24) is 10.2 Å². The van der Waals surface area contributed by atoms with Gasteiger partial charge in [-0.3, -0.25) is 9.69 Å². The summed E-state index contributed by atoms with van der Waals surface area (Å²) in [7, 11) is 1.37. The molecule has 1 aliphatic heterocycles. The maximum absolute atomic E-state index is 14.2. The number of likely N-dealkylation sites (tertiary alicyclic amines) is 1. The summed E-state index contributed by atoms with van der Waals surface area (Å²) >= 11 is 0. The van der Waals surface area contributed by atoms with Crippen molar-refractivity contribution in [2.75, 3.05) is 20.2 Å². The maximum atomic E-state index is 14.2. The Balaban J connectivity index is 1.67. The molecule has 1 saturated carbocycles. The first-order valence-electron chi connectivity index (χ1n) is 8.56. The molecule has 5 nitrogen and oxygen atoms in total. The van der Waals surface area contributed by atoms with Gasteiger partial charge in [0.25, 0.3) is 0 Å². The first kappa shape index (κ1) is 18.1. The molecule has 0 radical (unpaired) electrons. The minimum Gasteiger partial charge on any atom is -0.497 e. The monoisotopic (exact) mass is 354 g/mol. The Bertz CT molecular complexity index is 632. The Morgan fingerprint density at radius 1 is 1.28 bits per heavy atom. The van der Waals surface area contributed by atoms with Gasteiger partial charge in [0.2, 0.25) is 5.91 Å². The zero-order valence-corrected chi connectivity index (χ0v) is 14.5. The van der Waals surface area contributed by atoms with Gasteiger partial charge in [0.05, 0.1) is 19.3 Å². The molecule has 1 aromatic carbocycles. The highest BCUT2D eigenvalue weighted by atomic mass is 19.1. The number of amides is 1. The molecule has 2 fully saturated rings. The smallest absolute Gasteiger partial charge is 0.217 e. The van der Waals surface area contributed by atoms with Crippen LogP contribution < -0.4 is 10.1 Å². The highest BCUT2D eigenvalue weighted by Gasteiger charge is 2.42. The number of hydrogen-bond donors (Lipinski definition) is 2. The number of nitrogens with zero attached hydrogens (tertiary/aromatic N) is 1. The molecule has 0 spiro atoms. The van der Waals surface area contributed by atoms with E-state index in [1.54, 1.807) is 0 Å². The van der Waals surface area contributed by atoms with Gasteiger partial charge in [-0.15, -0.1) is 0 Å². The minimum absolute atomic E-state index is 0.0402. The molecular formula is C18H24F2N2O3. The fourth-order valence-electron chi connectivity index (χ4n) is 4.15. The molecule has 2 aliphatic rings. The number of ether oxygens (including phenoxy) is 1. The van der Waals surface area contributed by atoms with Crippen molar-refractivity contribution in [1.29, 1.82) is 0 Å². The van der Waals surface area contributed by atoms with Crippen molar-refractivity contribution in [2.24, 2.45) is 11.8 Å². The van der Waals surface area contributed by atoms with Gasteiger partial charge >= 0.3 is 0 Å². The van der Waals surface area contributed by atoms with Crippen LogP contribution in [-0.4, -0.2) is 48.3 Å². The number of nitrogens with one attached hydrogen (secondary N) is 1. The van der Waals surface area contributed by atoms with E-state index in [1.165, 1.54) is 26.2 Å². The van der Waals surface area contributed by atoms with E-state index < -0.39 is 17.7 Å². The highest BCUT2D eigenvalue weighted by Crippen LogP contribution is 2.37. The SMILES string of the molecule is COc1cc(F)c(CN2C[C@H]3C[C@@H](NC(C)=O)[C@H](O)C[C@H]3C2)c(F)c1. The van der Waals surface area contributed by atoms with Gasteiger partial charge in [-0.25, -0.2) is 8.78 Å². The van der Waals surface area contributed by atoms with Gasteiger partial charge in [-0.05, 0) is 24.7 Å². The lowest BCUT2D eigenvalue weighted by atomic mass is 9.77. The molecule has 1 saturated heterocycles. The fourth-order valence-corrected chi connectivity index (χ4v) is 4.15. The van der Waals surface area contributed by atoms with E-state index in [4.69, 9.17) is 4.74 Å². The van der Waals surface area contributed by atoms with Gasteiger partial charge in [0, 0.05) is 44.3 Å². The summed E-state index contributed by atoms with van der Waals surface area (Å²) in [5.74, 6) is -0.616. The van der Waals surface area contributed by atoms with Crippen LogP contribution in [-0.2, 0) is 11.3 Å². The molecule has 25 heavy (non-hydrogen) atoms. The predicted molar refractivity (Wildman–Crippen MR) is 88.0 cm³/mol. The van der Waals surface area contributed by atoms with Crippen LogP contribution in [0.2, 0.25) is 0 Å².